The minimum atomic E-state index is 0.906. The number of fused-ring (bicyclic) bond motifs is 9. The van der Waals surface area contributed by atoms with Gasteiger partial charge in [-0.3, -0.25) is 0 Å². The topological polar surface area (TPSA) is 21.3 Å². The van der Waals surface area contributed by atoms with Crippen molar-refractivity contribution in [1.29, 1.82) is 0 Å². The Hall–Kier alpha value is -7.40. The van der Waals surface area contributed by atoms with Gasteiger partial charge in [0.2, 0.25) is 0 Å². The van der Waals surface area contributed by atoms with Gasteiger partial charge in [-0.05, 0) is 101 Å². The van der Waals surface area contributed by atoms with Gasteiger partial charge in [-0.1, -0.05) is 127 Å². The monoisotopic (exact) mass is 758 g/mol. The third-order valence-electron chi connectivity index (χ3n) is 11.6. The molecule has 12 aromatic rings. The van der Waals surface area contributed by atoms with Crippen LogP contribution in [0.15, 0.2) is 211 Å². The van der Waals surface area contributed by atoms with Gasteiger partial charge >= 0.3 is 0 Å². The lowest BCUT2D eigenvalue weighted by atomic mass is 10.0. The van der Waals surface area contributed by atoms with Crippen molar-refractivity contribution in [3.8, 4) is 27.9 Å². The fourth-order valence-electron chi connectivity index (χ4n) is 8.87. The predicted octanol–water partition coefficient (Wildman–Crippen LogP) is 15.9. The van der Waals surface area contributed by atoms with Crippen molar-refractivity contribution in [2.24, 2.45) is 0 Å². The SMILES string of the molecule is c1ccc(-n2c3ccccc3c3ccc(N(c4ccc(-c5ccc6oc7ccccc7c6c5)cc4)c4ccc(-c5cccc6c5sc5ccccc56)cc4)cc32)cc1. The smallest absolute Gasteiger partial charge is 0.135 e. The van der Waals surface area contributed by atoms with Crippen LogP contribution in [0.2, 0.25) is 0 Å². The molecule has 9 aromatic carbocycles. The van der Waals surface area contributed by atoms with E-state index in [0.29, 0.717) is 0 Å². The van der Waals surface area contributed by atoms with Gasteiger partial charge in [0.25, 0.3) is 0 Å². The summed E-state index contributed by atoms with van der Waals surface area (Å²) in [6.07, 6.45) is 0. The van der Waals surface area contributed by atoms with Crippen LogP contribution in [-0.4, -0.2) is 4.57 Å². The minimum Gasteiger partial charge on any atom is -0.456 e. The zero-order chi connectivity index (χ0) is 38.2. The van der Waals surface area contributed by atoms with E-state index in [0.717, 1.165) is 55.8 Å². The highest BCUT2D eigenvalue weighted by atomic mass is 32.1. The van der Waals surface area contributed by atoms with Crippen LogP contribution in [0.25, 0.3) is 91.9 Å². The molecule has 4 heteroatoms. The van der Waals surface area contributed by atoms with E-state index in [1.54, 1.807) is 0 Å². The van der Waals surface area contributed by atoms with Gasteiger partial charge < -0.3 is 13.9 Å². The lowest BCUT2D eigenvalue weighted by Gasteiger charge is -2.26. The number of hydrogen-bond acceptors (Lipinski definition) is 3. The first kappa shape index (κ1) is 32.8. The Bertz CT molecular complexity index is 3500. The molecule has 0 bridgehead atoms. The number of nitrogens with zero attached hydrogens (tertiary/aromatic N) is 2. The molecule has 272 valence electrons. The summed E-state index contributed by atoms with van der Waals surface area (Å²) in [6.45, 7) is 0. The van der Waals surface area contributed by atoms with E-state index in [-0.39, 0.29) is 0 Å². The van der Waals surface area contributed by atoms with Gasteiger partial charge in [-0.25, -0.2) is 0 Å². The number of furan rings is 1. The molecule has 3 nitrogen and oxygen atoms in total. The first-order valence-electron chi connectivity index (χ1n) is 19.7. The van der Waals surface area contributed by atoms with Crippen LogP contribution in [0.5, 0.6) is 0 Å². The fraction of sp³-hybridized carbons (Fsp3) is 0. The summed E-state index contributed by atoms with van der Waals surface area (Å²) in [4.78, 5) is 2.38. The second-order valence-corrected chi connectivity index (χ2v) is 16.0. The normalized spacial score (nSPS) is 11.8. The maximum Gasteiger partial charge on any atom is 0.135 e. The van der Waals surface area contributed by atoms with E-state index in [1.165, 1.54) is 53.1 Å². The molecular formula is C54H34N2OS. The molecule has 0 N–H and O–H groups in total. The highest BCUT2D eigenvalue weighted by Gasteiger charge is 2.19. The number of thiophene rings is 1. The van der Waals surface area contributed by atoms with E-state index in [9.17, 15) is 0 Å². The van der Waals surface area contributed by atoms with Crippen LogP contribution in [0.3, 0.4) is 0 Å². The van der Waals surface area contributed by atoms with E-state index < -0.39 is 0 Å². The number of hydrogen-bond donors (Lipinski definition) is 0. The van der Waals surface area contributed by atoms with E-state index >= 15 is 0 Å². The second kappa shape index (κ2) is 13.1. The molecule has 0 amide bonds. The van der Waals surface area contributed by atoms with Crippen molar-refractivity contribution >= 4 is 92.3 Å². The zero-order valence-corrected chi connectivity index (χ0v) is 32.2. The molecule has 0 spiro atoms. The number of rotatable bonds is 6. The standard InChI is InChI=1S/C54H34N2OS/c1-2-11-38(12-3-1)56-49-18-7-4-13-43(49)44-31-30-41(34-50(44)56)55(39-26-21-35(22-27-39)37-25-32-52-48(33-37)45-14-5-8-19-51(45)57-52)40-28-23-36(24-29-40)42-16-10-17-47-46-15-6-9-20-53(46)58-54(42)47/h1-34H. The average Bonchev–Trinajstić information content (AvgIpc) is 3.96. The summed E-state index contributed by atoms with van der Waals surface area (Å²) in [5.74, 6) is 0. The van der Waals surface area contributed by atoms with Gasteiger partial charge in [0.15, 0.2) is 0 Å². The fourth-order valence-corrected chi connectivity index (χ4v) is 10.1. The maximum absolute atomic E-state index is 6.14. The van der Waals surface area contributed by atoms with Crippen LogP contribution in [0, 0.1) is 0 Å². The summed E-state index contributed by atoms with van der Waals surface area (Å²) in [5, 5.41) is 7.37. The summed E-state index contributed by atoms with van der Waals surface area (Å²) in [7, 11) is 0. The molecule has 0 unspecified atom stereocenters. The number of para-hydroxylation sites is 3. The third kappa shape index (κ3) is 5.19. The van der Waals surface area contributed by atoms with Crippen molar-refractivity contribution < 1.29 is 4.42 Å². The van der Waals surface area contributed by atoms with E-state index in [2.05, 4.69) is 204 Å². The molecule has 0 aliphatic heterocycles. The van der Waals surface area contributed by atoms with Crippen LogP contribution in [0.4, 0.5) is 17.1 Å². The molecule has 3 aromatic heterocycles. The predicted molar refractivity (Wildman–Crippen MR) is 247 cm³/mol. The summed E-state index contributed by atoms with van der Waals surface area (Å²) in [6, 6.07) is 74.5. The molecule has 0 atom stereocenters. The highest BCUT2D eigenvalue weighted by molar-refractivity contribution is 7.26. The Balaban J connectivity index is 1.01. The molecule has 0 radical (unpaired) electrons. The number of benzene rings is 9. The first-order valence-corrected chi connectivity index (χ1v) is 20.5. The lowest BCUT2D eigenvalue weighted by molar-refractivity contribution is 0.669. The summed E-state index contributed by atoms with van der Waals surface area (Å²) >= 11 is 1.87. The van der Waals surface area contributed by atoms with Crippen molar-refractivity contribution in [1.82, 2.24) is 4.57 Å². The number of anilines is 3. The molecule has 58 heavy (non-hydrogen) atoms. The van der Waals surface area contributed by atoms with Crippen molar-refractivity contribution in [2.45, 2.75) is 0 Å². The van der Waals surface area contributed by atoms with Crippen LogP contribution < -0.4 is 4.90 Å². The van der Waals surface area contributed by atoms with Gasteiger partial charge in [-0.15, -0.1) is 11.3 Å². The van der Waals surface area contributed by atoms with Crippen molar-refractivity contribution in [3.05, 3.63) is 206 Å². The lowest BCUT2D eigenvalue weighted by Crippen LogP contribution is -2.10. The third-order valence-corrected chi connectivity index (χ3v) is 12.8. The van der Waals surface area contributed by atoms with Gasteiger partial charge in [0, 0.05) is 64.5 Å². The molecule has 3 heterocycles. The van der Waals surface area contributed by atoms with Gasteiger partial charge in [0.1, 0.15) is 11.2 Å². The van der Waals surface area contributed by atoms with Gasteiger partial charge in [0.05, 0.1) is 11.0 Å². The highest BCUT2D eigenvalue weighted by Crippen LogP contribution is 2.43. The molecule has 0 aliphatic carbocycles. The molecule has 0 aliphatic rings. The Morgan fingerprint density at radius 3 is 1.83 bits per heavy atom. The zero-order valence-electron chi connectivity index (χ0n) is 31.3. The minimum absolute atomic E-state index is 0.906. The van der Waals surface area contributed by atoms with Crippen LogP contribution >= 0.6 is 11.3 Å². The van der Waals surface area contributed by atoms with Crippen molar-refractivity contribution in [2.75, 3.05) is 4.90 Å². The van der Waals surface area contributed by atoms with Crippen LogP contribution in [0.1, 0.15) is 0 Å². The number of aromatic nitrogens is 1. The quantitative estimate of drug-likeness (QED) is 0.168. The summed E-state index contributed by atoms with van der Waals surface area (Å²) < 4.78 is 11.2. The Morgan fingerprint density at radius 2 is 1.00 bits per heavy atom. The summed E-state index contributed by atoms with van der Waals surface area (Å²) in [5.41, 5.74) is 13.4. The molecule has 12 rings (SSSR count). The Morgan fingerprint density at radius 1 is 0.379 bits per heavy atom. The molecule has 0 saturated heterocycles. The van der Waals surface area contributed by atoms with Crippen LogP contribution in [-0.2, 0) is 0 Å². The maximum atomic E-state index is 6.14. The molecule has 0 fully saturated rings. The van der Waals surface area contributed by atoms with E-state index in [4.69, 9.17) is 4.42 Å². The Labute approximate surface area is 338 Å². The molecular weight excluding hydrogens is 725 g/mol. The Kier molecular flexibility index (Phi) is 7.40. The molecule has 0 saturated carbocycles. The first-order chi connectivity index (χ1) is 28.7. The largest absolute Gasteiger partial charge is 0.456 e. The van der Waals surface area contributed by atoms with Crippen molar-refractivity contribution in [3.63, 3.8) is 0 Å². The van der Waals surface area contributed by atoms with Gasteiger partial charge in [-0.2, -0.15) is 0 Å². The second-order valence-electron chi connectivity index (χ2n) is 14.9. The van der Waals surface area contributed by atoms with E-state index in [1.807, 2.05) is 23.5 Å². The average molecular weight is 759 g/mol.